The van der Waals surface area contributed by atoms with Crippen molar-refractivity contribution in [1.29, 1.82) is 0 Å². The Labute approximate surface area is 122 Å². The quantitative estimate of drug-likeness (QED) is 0.795. The summed E-state index contributed by atoms with van der Waals surface area (Å²) in [6, 6.07) is 7.68. The number of hydrogen-bond donors (Lipinski definition) is 1. The summed E-state index contributed by atoms with van der Waals surface area (Å²) in [5, 5.41) is 3.35. The number of hydrogen-bond acceptors (Lipinski definition) is 3. The van der Waals surface area contributed by atoms with Crippen LogP contribution < -0.4 is 5.32 Å². The third-order valence-corrected chi connectivity index (χ3v) is 3.27. The number of anilines is 1. The summed E-state index contributed by atoms with van der Waals surface area (Å²) >= 11 is 0. The highest BCUT2D eigenvalue weighted by Gasteiger charge is 2.12. The predicted molar refractivity (Wildman–Crippen MR) is 83.2 cm³/mol. The molecule has 0 aliphatic rings. The number of nitrogens with one attached hydrogen (secondary N) is 1. The van der Waals surface area contributed by atoms with E-state index >= 15 is 0 Å². The molecule has 1 atom stereocenters. The van der Waals surface area contributed by atoms with Crippen molar-refractivity contribution in [3.8, 4) is 0 Å². The van der Waals surface area contributed by atoms with E-state index in [0.29, 0.717) is 5.92 Å². The van der Waals surface area contributed by atoms with Crippen LogP contribution in [0, 0.1) is 5.92 Å². The molecular formula is C16H26N2O2. The molecule has 0 bridgehead atoms. The molecule has 1 rings (SSSR count). The molecular weight excluding hydrogens is 252 g/mol. The molecule has 0 aromatic heterocycles. The molecule has 4 heteroatoms. The van der Waals surface area contributed by atoms with Gasteiger partial charge in [-0.05, 0) is 38.0 Å². The van der Waals surface area contributed by atoms with Crippen LogP contribution in [0.25, 0.3) is 0 Å². The molecule has 1 N–H and O–H groups in total. The Morgan fingerprint density at radius 3 is 2.65 bits per heavy atom. The molecule has 0 saturated heterocycles. The van der Waals surface area contributed by atoms with Crippen molar-refractivity contribution in [1.82, 2.24) is 4.90 Å². The van der Waals surface area contributed by atoms with Gasteiger partial charge in [-0.15, -0.1) is 0 Å². The molecule has 1 aromatic rings. The molecule has 0 radical (unpaired) electrons. The summed E-state index contributed by atoms with van der Waals surface area (Å²) in [5.74, 6) is 0.519. The van der Waals surface area contributed by atoms with Crippen LogP contribution in [0.4, 0.5) is 5.69 Å². The molecule has 0 fully saturated rings. The van der Waals surface area contributed by atoms with Gasteiger partial charge in [0.2, 0.25) is 0 Å². The van der Waals surface area contributed by atoms with Gasteiger partial charge < -0.3 is 15.0 Å². The minimum absolute atomic E-state index is 0.0867. The summed E-state index contributed by atoms with van der Waals surface area (Å²) in [7, 11) is 1.71. The molecule has 0 spiro atoms. The predicted octanol–water partition coefficient (Wildman–Crippen LogP) is 2.86. The lowest BCUT2D eigenvalue weighted by atomic mass is 10.1. The van der Waals surface area contributed by atoms with Crippen LogP contribution in [0.3, 0.4) is 0 Å². The Morgan fingerprint density at radius 2 is 2.05 bits per heavy atom. The summed E-state index contributed by atoms with van der Waals surface area (Å²) in [6.07, 6.45) is 0. The molecule has 0 aliphatic heterocycles. The number of ether oxygens (including phenoxy) is 1. The molecule has 0 saturated carbocycles. The molecule has 0 heterocycles. The fourth-order valence-electron chi connectivity index (χ4n) is 2.09. The maximum Gasteiger partial charge on any atom is 0.253 e. The number of benzene rings is 1. The second kappa shape index (κ2) is 8.59. The van der Waals surface area contributed by atoms with Gasteiger partial charge in [-0.1, -0.05) is 13.0 Å². The molecule has 1 amide bonds. The van der Waals surface area contributed by atoms with Gasteiger partial charge in [0, 0.05) is 38.0 Å². The van der Waals surface area contributed by atoms with E-state index in [9.17, 15) is 4.79 Å². The van der Waals surface area contributed by atoms with E-state index in [1.165, 1.54) is 0 Å². The lowest BCUT2D eigenvalue weighted by Crippen LogP contribution is -2.30. The minimum Gasteiger partial charge on any atom is -0.385 e. The summed E-state index contributed by atoms with van der Waals surface area (Å²) in [6.45, 7) is 9.14. The average molecular weight is 278 g/mol. The van der Waals surface area contributed by atoms with Gasteiger partial charge in [-0.3, -0.25) is 4.79 Å². The minimum atomic E-state index is 0.0867. The van der Waals surface area contributed by atoms with E-state index in [2.05, 4.69) is 12.2 Å². The zero-order valence-electron chi connectivity index (χ0n) is 13.0. The van der Waals surface area contributed by atoms with E-state index in [1.807, 2.05) is 43.0 Å². The van der Waals surface area contributed by atoms with E-state index in [0.717, 1.165) is 37.5 Å². The van der Waals surface area contributed by atoms with Gasteiger partial charge >= 0.3 is 0 Å². The highest BCUT2D eigenvalue weighted by molar-refractivity contribution is 5.95. The average Bonchev–Trinajstić information content (AvgIpc) is 2.47. The maximum atomic E-state index is 12.3. The Hall–Kier alpha value is -1.55. The fraction of sp³-hybridized carbons (Fsp3) is 0.562. The lowest BCUT2D eigenvalue weighted by Gasteiger charge is -2.19. The van der Waals surface area contributed by atoms with E-state index in [-0.39, 0.29) is 5.91 Å². The van der Waals surface area contributed by atoms with E-state index < -0.39 is 0 Å². The second-order valence-corrected chi connectivity index (χ2v) is 5.00. The number of rotatable bonds is 8. The van der Waals surface area contributed by atoms with Crippen LogP contribution in [-0.4, -0.2) is 44.2 Å². The number of amides is 1. The first-order valence-electron chi connectivity index (χ1n) is 7.24. The zero-order valence-corrected chi connectivity index (χ0v) is 13.0. The fourth-order valence-corrected chi connectivity index (χ4v) is 2.09. The first kappa shape index (κ1) is 16.5. The normalized spacial score (nSPS) is 12.0. The molecule has 20 heavy (non-hydrogen) atoms. The van der Waals surface area contributed by atoms with Crippen molar-refractivity contribution in [3.05, 3.63) is 29.8 Å². The first-order valence-corrected chi connectivity index (χ1v) is 7.24. The highest BCUT2D eigenvalue weighted by atomic mass is 16.5. The van der Waals surface area contributed by atoms with Crippen LogP contribution in [0.15, 0.2) is 24.3 Å². The Balaban J connectivity index is 2.68. The molecule has 1 unspecified atom stereocenters. The van der Waals surface area contributed by atoms with Crippen LogP contribution >= 0.6 is 0 Å². The molecule has 112 valence electrons. The maximum absolute atomic E-state index is 12.3. The van der Waals surface area contributed by atoms with Crippen LogP contribution in [0.5, 0.6) is 0 Å². The zero-order chi connectivity index (χ0) is 15.0. The molecule has 1 aromatic carbocycles. The Kier molecular flexibility index (Phi) is 7.09. The third-order valence-electron chi connectivity index (χ3n) is 3.27. The van der Waals surface area contributed by atoms with Crippen molar-refractivity contribution >= 4 is 11.6 Å². The second-order valence-electron chi connectivity index (χ2n) is 5.00. The van der Waals surface area contributed by atoms with Crippen LogP contribution in [0.1, 0.15) is 31.1 Å². The van der Waals surface area contributed by atoms with Crippen LogP contribution in [0.2, 0.25) is 0 Å². The smallest absolute Gasteiger partial charge is 0.253 e. The van der Waals surface area contributed by atoms with E-state index in [4.69, 9.17) is 4.74 Å². The van der Waals surface area contributed by atoms with Gasteiger partial charge in [-0.2, -0.15) is 0 Å². The SMILES string of the molecule is CCN(CC)C(=O)c1cccc(NCC(C)COC)c1. The number of methoxy groups -OCH3 is 1. The van der Waals surface area contributed by atoms with E-state index in [1.54, 1.807) is 7.11 Å². The van der Waals surface area contributed by atoms with Gasteiger partial charge in [0.05, 0.1) is 6.61 Å². The van der Waals surface area contributed by atoms with Gasteiger partial charge in [0.1, 0.15) is 0 Å². The largest absolute Gasteiger partial charge is 0.385 e. The van der Waals surface area contributed by atoms with Crippen molar-refractivity contribution in [2.75, 3.05) is 38.7 Å². The highest BCUT2D eigenvalue weighted by Crippen LogP contribution is 2.13. The monoisotopic (exact) mass is 278 g/mol. The first-order chi connectivity index (χ1) is 9.62. The van der Waals surface area contributed by atoms with Crippen molar-refractivity contribution in [2.45, 2.75) is 20.8 Å². The standard InChI is InChI=1S/C16H26N2O2/c1-5-18(6-2)16(19)14-8-7-9-15(10-14)17-11-13(3)12-20-4/h7-10,13,17H,5-6,11-12H2,1-4H3. The lowest BCUT2D eigenvalue weighted by molar-refractivity contribution is 0.0773. The number of carbonyl (C=O) groups excluding carboxylic acids is 1. The number of carbonyl (C=O) groups is 1. The summed E-state index contributed by atoms with van der Waals surface area (Å²) < 4.78 is 5.11. The van der Waals surface area contributed by atoms with Crippen molar-refractivity contribution in [3.63, 3.8) is 0 Å². The Bertz CT molecular complexity index is 417. The van der Waals surface area contributed by atoms with Gasteiger partial charge in [-0.25, -0.2) is 0 Å². The van der Waals surface area contributed by atoms with Crippen molar-refractivity contribution < 1.29 is 9.53 Å². The molecule has 0 aliphatic carbocycles. The summed E-state index contributed by atoms with van der Waals surface area (Å²) in [4.78, 5) is 14.1. The van der Waals surface area contributed by atoms with Gasteiger partial charge in [0.25, 0.3) is 5.91 Å². The molecule has 4 nitrogen and oxygen atoms in total. The topological polar surface area (TPSA) is 41.6 Å². The Morgan fingerprint density at radius 1 is 1.35 bits per heavy atom. The van der Waals surface area contributed by atoms with Gasteiger partial charge in [0.15, 0.2) is 0 Å². The van der Waals surface area contributed by atoms with Crippen molar-refractivity contribution in [2.24, 2.45) is 5.92 Å². The summed E-state index contributed by atoms with van der Waals surface area (Å²) in [5.41, 5.74) is 1.71. The van der Waals surface area contributed by atoms with Crippen LogP contribution in [-0.2, 0) is 4.74 Å². The number of nitrogens with zero attached hydrogens (tertiary/aromatic N) is 1. The third kappa shape index (κ3) is 4.85.